The van der Waals surface area contributed by atoms with Crippen molar-refractivity contribution in [2.45, 2.75) is 31.2 Å². The number of nitrogens with one attached hydrogen (secondary N) is 1. The van der Waals surface area contributed by atoms with Crippen LogP contribution in [0.4, 0.5) is 0 Å². The quantitative estimate of drug-likeness (QED) is 0.752. The Labute approximate surface area is 176 Å². The van der Waals surface area contributed by atoms with Gasteiger partial charge < -0.3 is 10.1 Å². The molecule has 0 aromatic heterocycles. The van der Waals surface area contributed by atoms with Crippen LogP contribution >= 0.6 is 11.6 Å². The molecule has 1 fully saturated rings. The Balaban J connectivity index is 1.70. The normalized spacial score (nSPS) is 20.2. The van der Waals surface area contributed by atoms with Gasteiger partial charge in [-0.1, -0.05) is 35.9 Å². The predicted octanol–water partition coefficient (Wildman–Crippen LogP) is 3.46. The predicted molar refractivity (Wildman–Crippen MR) is 112 cm³/mol. The highest BCUT2D eigenvalue weighted by molar-refractivity contribution is 7.89. The van der Waals surface area contributed by atoms with Crippen molar-refractivity contribution in [2.75, 3.05) is 20.2 Å². The molecule has 1 aliphatic rings. The smallest absolute Gasteiger partial charge is 0.244 e. The van der Waals surface area contributed by atoms with E-state index in [0.717, 1.165) is 11.3 Å². The summed E-state index contributed by atoms with van der Waals surface area (Å²) >= 11 is 6.11. The van der Waals surface area contributed by atoms with Crippen LogP contribution in [-0.2, 0) is 21.4 Å². The third-order valence-electron chi connectivity index (χ3n) is 5.28. The number of hydrogen-bond donors (Lipinski definition) is 1. The van der Waals surface area contributed by atoms with E-state index in [2.05, 4.69) is 5.32 Å². The molecule has 29 heavy (non-hydrogen) atoms. The minimum absolute atomic E-state index is 0.0737. The molecule has 1 saturated heterocycles. The molecular weight excluding hydrogens is 412 g/mol. The molecule has 1 atom stereocenters. The summed E-state index contributed by atoms with van der Waals surface area (Å²) in [6.07, 6.45) is 1.23. The number of sulfonamides is 1. The molecule has 1 aliphatic heterocycles. The number of amides is 1. The Morgan fingerprint density at radius 3 is 2.55 bits per heavy atom. The third-order valence-corrected chi connectivity index (χ3v) is 7.62. The average molecular weight is 437 g/mol. The molecule has 2 aromatic carbocycles. The van der Waals surface area contributed by atoms with Gasteiger partial charge in [0, 0.05) is 19.6 Å². The first-order chi connectivity index (χ1) is 13.8. The number of piperidine rings is 1. The van der Waals surface area contributed by atoms with E-state index in [1.54, 1.807) is 25.3 Å². The van der Waals surface area contributed by atoms with E-state index >= 15 is 0 Å². The minimum atomic E-state index is -3.76. The summed E-state index contributed by atoms with van der Waals surface area (Å²) in [7, 11) is -2.16. The van der Waals surface area contributed by atoms with Crippen LogP contribution in [0, 0.1) is 5.41 Å². The molecule has 6 nitrogen and oxygen atoms in total. The van der Waals surface area contributed by atoms with Crippen molar-refractivity contribution in [2.24, 2.45) is 5.41 Å². The maximum Gasteiger partial charge on any atom is 0.244 e. The van der Waals surface area contributed by atoms with Crippen molar-refractivity contribution in [1.82, 2.24) is 9.62 Å². The van der Waals surface area contributed by atoms with Gasteiger partial charge in [0.1, 0.15) is 10.6 Å². The highest BCUT2D eigenvalue weighted by Crippen LogP contribution is 2.34. The van der Waals surface area contributed by atoms with Gasteiger partial charge in [-0.15, -0.1) is 0 Å². The number of benzene rings is 2. The number of carbonyl (C=O) groups excluding carboxylic acids is 1. The van der Waals surface area contributed by atoms with Crippen LogP contribution in [0.15, 0.2) is 53.4 Å². The molecule has 0 bridgehead atoms. The molecule has 1 heterocycles. The van der Waals surface area contributed by atoms with Crippen molar-refractivity contribution in [3.8, 4) is 5.75 Å². The Morgan fingerprint density at radius 2 is 1.90 bits per heavy atom. The summed E-state index contributed by atoms with van der Waals surface area (Å²) in [5.41, 5.74) is 0.137. The van der Waals surface area contributed by atoms with Gasteiger partial charge in [0.25, 0.3) is 0 Å². The molecule has 0 spiro atoms. The second-order valence-electron chi connectivity index (χ2n) is 7.46. The SMILES string of the molecule is COc1ccc(CNC(=O)[C@@]2(C)CCCN(S(=O)(=O)c3ccccc3Cl)C2)cc1. The zero-order valence-electron chi connectivity index (χ0n) is 16.5. The average Bonchev–Trinajstić information content (AvgIpc) is 2.72. The summed E-state index contributed by atoms with van der Waals surface area (Å²) in [5, 5.41) is 3.13. The number of nitrogens with zero attached hydrogens (tertiary/aromatic N) is 1. The Morgan fingerprint density at radius 1 is 1.21 bits per heavy atom. The first-order valence-electron chi connectivity index (χ1n) is 9.42. The lowest BCUT2D eigenvalue weighted by Gasteiger charge is -2.38. The van der Waals surface area contributed by atoms with E-state index in [9.17, 15) is 13.2 Å². The largest absolute Gasteiger partial charge is 0.497 e. The monoisotopic (exact) mass is 436 g/mol. The van der Waals surface area contributed by atoms with Gasteiger partial charge in [-0.2, -0.15) is 4.31 Å². The van der Waals surface area contributed by atoms with E-state index in [4.69, 9.17) is 16.3 Å². The van der Waals surface area contributed by atoms with Crippen LogP contribution in [-0.4, -0.2) is 38.8 Å². The van der Waals surface area contributed by atoms with Gasteiger partial charge >= 0.3 is 0 Å². The van der Waals surface area contributed by atoms with Crippen LogP contribution < -0.4 is 10.1 Å². The molecule has 1 N–H and O–H groups in total. The lowest BCUT2D eigenvalue weighted by molar-refractivity contribution is -0.132. The van der Waals surface area contributed by atoms with Gasteiger partial charge in [0.05, 0.1) is 17.5 Å². The van der Waals surface area contributed by atoms with Crippen LogP contribution in [0.1, 0.15) is 25.3 Å². The molecule has 0 saturated carbocycles. The van der Waals surface area contributed by atoms with Crippen molar-refractivity contribution >= 4 is 27.5 Å². The minimum Gasteiger partial charge on any atom is -0.497 e. The zero-order chi connectivity index (χ0) is 21.1. The Bertz CT molecular complexity index is 978. The van der Waals surface area contributed by atoms with Gasteiger partial charge in [-0.3, -0.25) is 4.79 Å². The Kier molecular flexibility index (Phi) is 6.51. The van der Waals surface area contributed by atoms with Crippen molar-refractivity contribution < 1.29 is 17.9 Å². The standard InChI is InChI=1S/C21H25ClN2O4S/c1-21(20(25)23-14-16-8-10-17(28-2)11-9-16)12-5-13-24(15-21)29(26,27)19-7-4-3-6-18(19)22/h3-4,6-11H,5,12-15H2,1-2H3,(H,23,25)/t21-/m0/s1. The summed E-state index contributed by atoms with van der Waals surface area (Å²) in [6.45, 7) is 2.67. The number of rotatable bonds is 6. The van der Waals surface area contributed by atoms with Gasteiger partial charge in [-0.25, -0.2) is 8.42 Å². The molecule has 0 radical (unpaired) electrons. The van der Waals surface area contributed by atoms with E-state index in [-0.39, 0.29) is 22.4 Å². The van der Waals surface area contributed by atoms with Crippen molar-refractivity contribution in [3.63, 3.8) is 0 Å². The van der Waals surface area contributed by atoms with E-state index < -0.39 is 15.4 Å². The van der Waals surface area contributed by atoms with Crippen molar-refractivity contribution in [1.29, 1.82) is 0 Å². The molecule has 0 aliphatic carbocycles. The fraction of sp³-hybridized carbons (Fsp3) is 0.381. The van der Waals surface area contributed by atoms with Gasteiger partial charge in [-0.05, 0) is 49.6 Å². The van der Waals surface area contributed by atoms with Gasteiger partial charge in [0.15, 0.2) is 0 Å². The number of hydrogen-bond acceptors (Lipinski definition) is 4. The number of ether oxygens (including phenoxy) is 1. The van der Waals surface area contributed by atoms with Crippen LogP contribution in [0.3, 0.4) is 0 Å². The van der Waals surface area contributed by atoms with Gasteiger partial charge in [0.2, 0.25) is 15.9 Å². The van der Waals surface area contributed by atoms with Crippen LogP contribution in [0.2, 0.25) is 5.02 Å². The first-order valence-corrected chi connectivity index (χ1v) is 11.2. The second-order valence-corrected chi connectivity index (χ2v) is 9.78. The van der Waals surface area contributed by atoms with Crippen molar-refractivity contribution in [3.05, 3.63) is 59.1 Å². The summed E-state index contributed by atoms with van der Waals surface area (Å²) in [6, 6.07) is 13.8. The third kappa shape index (κ3) is 4.74. The highest BCUT2D eigenvalue weighted by atomic mass is 35.5. The zero-order valence-corrected chi connectivity index (χ0v) is 18.1. The summed E-state index contributed by atoms with van der Waals surface area (Å²) in [4.78, 5) is 13.0. The fourth-order valence-corrected chi connectivity index (χ4v) is 5.61. The molecule has 8 heteroatoms. The number of halogens is 1. The molecule has 3 rings (SSSR count). The van der Waals surface area contributed by atoms with E-state index in [1.165, 1.54) is 10.4 Å². The first kappa shape index (κ1) is 21.6. The maximum absolute atomic E-state index is 13.1. The van der Waals surface area contributed by atoms with Crippen LogP contribution in [0.25, 0.3) is 0 Å². The number of carbonyl (C=O) groups is 1. The highest BCUT2D eigenvalue weighted by Gasteiger charge is 2.42. The van der Waals surface area contributed by atoms with E-state index in [1.807, 2.05) is 31.2 Å². The number of methoxy groups -OCH3 is 1. The lowest BCUT2D eigenvalue weighted by Crippen LogP contribution is -2.51. The summed E-state index contributed by atoms with van der Waals surface area (Å²) in [5.74, 6) is 0.590. The lowest BCUT2D eigenvalue weighted by atomic mass is 9.82. The molecular formula is C21H25ClN2O4S. The van der Waals surface area contributed by atoms with Crippen LogP contribution in [0.5, 0.6) is 5.75 Å². The maximum atomic E-state index is 13.1. The topological polar surface area (TPSA) is 75.7 Å². The molecule has 2 aromatic rings. The Hall–Kier alpha value is -2.09. The molecule has 1 amide bonds. The second kappa shape index (κ2) is 8.73. The molecule has 156 valence electrons. The summed E-state index contributed by atoms with van der Waals surface area (Å²) < 4.78 is 32.6. The molecule has 0 unspecified atom stereocenters. The van der Waals surface area contributed by atoms with E-state index in [0.29, 0.717) is 25.9 Å². The fourth-order valence-electron chi connectivity index (χ4n) is 3.52.